The Morgan fingerprint density at radius 2 is 1.95 bits per heavy atom. The van der Waals surface area contributed by atoms with Gasteiger partial charge in [-0.2, -0.15) is 5.26 Å². The van der Waals surface area contributed by atoms with Crippen LogP contribution in [-0.4, -0.2) is 20.0 Å². The lowest BCUT2D eigenvalue weighted by Gasteiger charge is -2.14. The number of nitriles is 1. The third-order valence-corrected chi connectivity index (χ3v) is 4.31. The van der Waals surface area contributed by atoms with Gasteiger partial charge in [0.2, 0.25) is 0 Å². The van der Waals surface area contributed by atoms with Crippen molar-refractivity contribution in [2.75, 3.05) is 0 Å². The number of hydrogen-bond acceptors (Lipinski definition) is 4. The molecule has 0 aliphatic carbocycles. The van der Waals surface area contributed by atoms with Gasteiger partial charge in [-0.25, -0.2) is 0 Å². The summed E-state index contributed by atoms with van der Waals surface area (Å²) in [6, 6.07) is 7.62. The topological polar surface area (TPSA) is 54.5 Å². The van der Waals surface area contributed by atoms with Crippen molar-refractivity contribution >= 4 is 35.0 Å². The Labute approximate surface area is 138 Å². The highest BCUT2D eigenvalue weighted by atomic mass is 35.5. The van der Waals surface area contributed by atoms with E-state index in [2.05, 4.69) is 16.3 Å². The molecule has 2 aromatic rings. The number of rotatable bonds is 4. The number of aromatic nitrogens is 3. The summed E-state index contributed by atoms with van der Waals surface area (Å²) in [4.78, 5) is 0. The maximum absolute atomic E-state index is 8.96. The first-order chi connectivity index (χ1) is 9.93. The van der Waals surface area contributed by atoms with Crippen molar-refractivity contribution in [1.29, 1.82) is 5.26 Å². The van der Waals surface area contributed by atoms with E-state index in [-0.39, 0.29) is 11.3 Å². The van der Waals surface area contributed by atoms with Crippen LogP contribution >= 0.6 is 35.0 Å². The van der Waals surface area contributed by atoms with E-state index in [1.807, 2.05) is 31.4 Å². The molecule has 7 heteroatoms. The van der Waals surface area contributed by atoms with Crippen molar-refractivity contribution in [3.63, 3.8) is 0 Å². The summed E-state index contributed by atoms with van der Waals surface area (Å²) >= 11 is 13.6. The maximum Gasteiger partial charge on any atom is 0.193 e. The fourth-order valence-electron chi connectivity index (χ4n) is 1.86. The molecular weight excluding hydrogens is 327 g/mol. The van der Waals surface area contributed by atoms with Gasteiger partial charge in [0.1, 0.15) is 0 Å². The van der Waals surface area contributed by atoms with Gasteiger partial charge >= 0.3 is 0 Å². The second kappa shape index (κ2) is 6.69. The Bertz CT molecular complexity index is 691. The molecule has 4 nitrogen and oxygen atoms in total. The van der Waals surface area contributed by atoms with Crippen LogP contribution in [0.3, 0.4) is 0 Å². The highest BCUT2D eigenvalue weighted by molar-refractivity contribution is 8.00. The molecule has 0 aliphatic heterocycles. The Kier molecular flexibility index (Phi) is 5.15. The number of nitrogens with zero attached hydrogens (tertiary/aromatic N) is 4. The van der Waals surface area contributed by atoms with Crippen LogP contribution in [0.25, 0.3) is 11.4 Å². The number of halogens is 2. The first kappa shape index (κ1) is 16.2. The highest BCUT2D eigenvalue weighted by Crippen LogP contribution is 2.34. The van der Waals surface area contributed by atoms with Crippen LogP contribution in [0.1, 0.15) is 26.8 Å². The van der Waals surface area contributed by atoms with Crippen molar-refractivity contribution < 1.29 is 0 Å². The minimum atomic E-state index is -0.194. The molecule has 1 heterocycles. The smallest absolute Gasteiger partial charge is 0.193 e. The Morgan fingerprint density at radius 3 is 2.52 bits per heavy atom. The van der Waals surface area contributed by atoms with Crippen molar-refractivity contribution in [3.05, 3.63) is 28.2 Å². The first-order valence-corrected chi connectivity index (χ1v) is 8.04. The van der Waals surface area contributed by atoms with E-state index < -0.39 is 0 Å². The zero-order valence-electron chi connectivity index (χ0n) is 11.8. The van der Waals surface area contributed by atoms with Crippen molar-refractivity contribution in [2.24, 2.45) is 0 Å². The van der Waals surface area contributed by atoms with Crippen LogP contribution in [-0.2, 0) is 0 Å². The molecule has 0 amide bonds. The Hall–Kier alpha value is -1.22. The number of hydrogen-bond donors (Lipinski definition) is 0. The molecule has 0 aliphatic rings. The molecule has 21 heavy (non-hydrogen) atoms. The number of benzene rings is 1. The van der Waals surface area contributed by atoms with Gasteiger partial charge in [-0.1, -0.05) is 35.0 Å². The normalized spacial score (nSPS) is 12.4. The second-order valence-electron chi connectivity index (χ2n) is 4.78. The van der Waals surface area contributed by atoms with Gasteiger partial charge in [0.25, 0.3) is 0 Å². The SMILES string of the molecule is CC(C)n1c(S[C@@H](C)C#N)nnc1-c1ccc(Cl)cc1Cl. The third kappa shape index (κ3) is 3.52. The summed E-state index contributed by atoms with van der Waals surface area (Å²) in [5.74, 6) is 0.680. The van der Waals surface area contributed by atoms with E-state index in [9.17, 15) is 0 Å². The largest absolute Gasteiger partial charge is 0.299 e. The fourth-order valence-corrected chi connectivity index (χ4v) is 3.22. The molecule has 1 aromatic heterocycles. The fraction of sp³-hybridized carbons (Fsp3) is 0.357. The third-order valence-electron chi connectivity index (χ3n) is 2.82. The Balaban J connectivity index is 2.52. The zero-order valence-corrected chi connectivity index (χ0v) is 14.2. The molecule has 0 fully saturated rings. The Morgan fingerprint density at radius 1 is 1.24 bits per heavy atom. The van der Waals surface area contributed by atoms with Crippen LogP contribution in [0.4, 0.5) is 0 Å². The quantitative estimate of drug-likeness (QED) is 0.747. The van der Waals surface area contributed by atoms with Crippen LogP contribution in [0.5, 0.6) is 0 Å². The molecule has 2 rings (SSSR count). The summed E-state index contributed by atoms with van der Waals surface area (Å²) in [5.41, 5.74) is 0.777. The van der Waals surface area contributed by atoms with Gasteiger partial charge in [0.05, 0.1) is 16.3 Å². The van der Waals surface area contributed by atoms with Crippen molar-refractivity contribution in [1.82, 2.24) is 14.8 Å². The van der Waals surface area contributed by atoms with Gasteiger partial charge in [0, 0.05) is 16.6 Å². The minimum Gasteiger partial charge on any atom is -0.299 e. The van der Waals surface area contributed by atoms with Gasteiger partial charge in [-0.3, -0.25) is 4.57 Å². The van der Waals surface area contributed by atoms with E-state index in [0.29, 0.717) is 21.0 Å². The average molecular weight is 341 g/mol. The minimum absolute atomic E-state index is 0.148. The van der Waals surface area contributed by atoms with Crippen LogP contribution in [0.15, 0.2) is 23.4 Å². The molecule has 1 aromatic carbocycles. The summed E-state index contributed by atoms with van der Waals surface area (Å²) in [7, 11) is 0. The monoisotopic (exact) mass is 340 g/mol. The van der Waals surface area contributed by atoms with E-state index >= 15 is 0 Å². The molecule has 0 radical (unpaired) electrons. The summed E-state index contributed by atoms with van der Waals surface area (Å²) in [6.07, 6.45) is 0. The number of thioether (sulfide) groups is 1. The van der Waals surface area contributed by atoms with E-state index in [1.165, 1.54) is 11.8 Å². The van der Waals surface area contributed by atoms with Crippen LogP contribution < -0.4 is 0 Å². The maximum atomic E-state index is 8.96. The molecule has 0 unspecified atom stereocenters. The highest BCUT2D eigenvalue weighted by Gasteiger charge is 2.20. The molecular formula is C14H14Cl2N4S. The van der Waals surface area contributed by atoms with Gasteiger partial charge in [-0.05, 0) is 39.0 Å². The van der Waals surface area contributed by atoms with Gasteiger partial charge in [0.15, 0.2) is 11.0 Å². The first-order valence-electron chi connectivity index (χ1n) is 6.40. The van der Waals surface area contributed by atoms with Gasteiger partial charge in [-0.15, -0.1) is 10.2 Å². The molecule has 1 atom stereocenters. The van der Waals surface area contributed by atoms with Crippen molar-refractivity contribution in [2.45, 2.75) is 37.2 Å². The summed E-state index contributed by atoms with van der Waals surface area (Å²) in [6.45, 7) is 5.91. The molecule has 110 valence electrons. The predicted molar refractivity (Wildman–Crippen MR) is 86.8 cm³/mol. The van der Waals surface area contributed by atoms with E-state index in [4.69, 9.17) is 28.5 Å². The van der Waals surface area contributed by atoms with Gasteiger partial charge < -0.3 is 0 Å². The second-order valence-corrected chi connectivity index (χ2v) is 6.93. The lowest BCUT2D eigenvalue weighted by molar-refractivity contribution is 0.555. The standard InChI is InChI=1S/C14H14Cl2N4S/c1-8(2)20-13(11-5-4-10(15)6-12(11)16)18-19-14(20)21-9(3)7-17/h4-6,8-9H,1-3H3/t9-/m0/s1. The molecule has 0 spiro atoms. The molecule has 0 bridgehead atoms. The summed E-state index contributed by atoms with van der Waals surface area (Å²) < 4.78 is 1.98. The molecule has 0 saturated carbocycles. The predicted octanol–water partition coefficient (Wildman–Crippen LogP) is 4.84. The lowest BCUT2D eigenvalue weighted by Crippen LogP contribution is -2.06. The van der Waals surface area contributed by atoms with Crippen LogP contribution in [0, 0.1) is 11.3 Å². The van der Waals surface area contributed by atoms with Crippen molar-refractivity contribution in [3.8, 4) is 17.5 Å². The molecule has 0 N–H and O–H groups in total. The van der Waals surface area contributed by atoms with Crippen LogP contribution in [0.2, 0.25) is 10.0 Å². The summed E-state index contributed by atoms with van der Waals surface area (Å²) in [5, 5.41) is 19.0. The lowest BCUT2D eigenvalue weighted by atomic mass is 10.2. The van der Waals surface area contributed by atoms with E-state index in [0.717, 1.165) is 5.56 Å². The molecule has 0 saturated heterocycles. The zero-order chi connectivity index (χ0) is 15.6. The average Bonchev–Trinajstić information content (AvgIpc) is 2.82. The van der Waals surface area contributed by atoms with E-state index in [1.54, 1.807) is 12.1 Å².